The molecule has 4 nitrogen and oxygen atoms in total. The van der Waals surface area contributed by atoms with Gasteiger partial charge in [-0.1, -0.05) is 51.0 Å². The third-order valence-corrected chi connectivity index (χ3v) is 6.05. The van der Waals surface area contributed by atoms with Crippen molar-refractivity contribution in [2.45, 2.75) is 65.2 Å². The molecule has 0 spiro atoms. The van der Waals surface area contributed by atoms with E-state index >= 15 is 0 Å². The molecular formula is C26H36N2O2S. The monoisotopic (exact) mass is 440 g/mol. The predicted molar refractivity (Wildman–Crippen MR) is 134 cm³/mol. The SMILES string of the molecule is CCCCc1ccc(NC(=O)CCSCCC(=O)Nc2ccc(CCCC)cc2)cc1. The molecule has 168 valence electrons. The summed E-state index contributed by atoms with van der Waals surface area (Å²) in [5.41, 5.74) is 4.30. The number of benzene rings is 2. The van der Waals surface area contributed by atoms with Crippen LogP contribution in [0.5, 0.6) is 0 Å². The molecule has 2 N–H and O–H groups in total. The Morgan fingerprint density at radius 2 is 1.06 bits per heavy atom. The van der Waals surface area contributed by atoms with Crippen LogP contribution in [0, 0.1) is 0 Å². The molecular weight excluding hydrogens is 404 g/mol. The highest BCUT2D eigenvalue weighted by Crippen LogP contribution is 2.14. The van der Waals surface area contributed by atoms with Crippen molar-refractivity contribution >= 4 is 35.0 Å². The summed E-state index contributed by atoms with van der Waals surface area (Å²) in [4.78, 5) is 24.2. The smallest absolute Gasteiger partial charge is 0.225 e. The Kier molecular flexibility index (Phi) is 11.8. The van der Waals surface area contributed by atoms with Crippen LogP contribution in [-0.2, 0) is 22.4 Å². The van der Waals surface area contributed by atoms with Crippen LogP contribution < -0.4 is 10.6 Å². The molecule has 0 radical (unpaired) electrons. The number of amides is 2. The molecule has 0 aliphatic rings. The van der Waals surface area contributed by atoms with Crippen LogP contribution in [0.3, 0.4) is 0 Å². The molecule has 0 aliphatic heterocycles. The van der Waals surface area contributed by atoms with Crippen molar-refractivity contribution < 1.29 is 9.59 Å². The van der Waals surface area contributed by atoms with E-state index < -0.39 is 0 Å². The Bertz CT molecular complexity index is 721. The molecule has 0 aromatic heterocycles. The van der Waals surface area contributed by atoms with E-state index in [1.807, 2.05) is 24.3 Å². The fourth-order valence-corrected chi connectivity index (χ4v) is 4.01. The number of unbranched alkanes of at least 4 members (excludes halogenated alkanes) is 2. The molecule has 0 saturated heterocycles. The number of aryl methyl sites for hydroxylation is 2. The maximum Gasteiger partial charge on any atom is 0.225 e. The summed E-state index contributed by atoms with van der Waals surface area (Å²) in [6.45, 7) is 4.37. The number of rotatable bonds is 14. The van der Waals surface area contributed by atoms with E-state index in [9.17, 15) is 9.59 Å². The normalized spacial score (nSPS) is 10.6. The lowest BCUT2D eigenvalue weighted by Crippen LogP contribution is -2.14. The van der Waals surface area contributed by atoms with Crippen LogP contribution in [-0.4, -0.2) is 23.3 Å². The van der Waals surface area contributed by atoms with E-state index in [-0.39, 0.29) is 11.8 Å². The average Bonchev–Trinajstić information content (AvgIpc) is 2.78. The minimum atomic E-state index is 0.0152. The third-order valence-electron chi connectivity index (χ3n) is 5.06. The van der Waals surface area contributed by atoms with Gasteiger partial charge in [0, 0.05) is 35.7 Å². The molecule has 0 bridgehead atoms. The lowest BCUT2D eigenvalue weighted by molar-refractivity contribution is -0.116. The molecule has 0 unspecified atom stereocenters. The quantitative estimate of drug-likeness (QED) is 0.331. The summed E-state index contributed by atoms with van der Waals surface area (Å²) in [6.07, 6.45) is 7.80. The van der Waals surface area contributed by atoms with E-state index in [1.54, 1.807) is 11.8 Å². The van der Waals surface area contributed by atoms with Crippen molar-refractivity contribution in [1.82, 2.24) is 0 Å². The molecule has 2 aromatic carbocycles. The van der Waals surface area contributed by atoms with Crippen LogP contribution in [0.4, 0.5) is 11.4 Å². The van der Waals surface area contributed by atoms with Gasteiger partial charge < -0.3 is 10.6 Å². The van der Waals surface area contributed by atoms with Crippen LogP contribution >= 0.6 is 11.8 Å². The van der Waals surface area contributed by atoms with Crippen molar-refractivity contribution in [2.24, 2.45) is 0 Å². The van der Waals surface area contributed by atoms with Crippen LogP contribution in [0.15, 0.2) is 48.5 Å². The second kappa shape index (κ2) is 14.7. The minimum absolute atomic E-state index is 0.0152. The fourth-order valence-electron chi connectivity index (χ4n) is 3.15. The first-order valence-electron chi connectivity index (χ1n) is 11.5. The molecule has 2 rings (SSSR count). The van der Waals surface area contributed by atoms with Crippen LogP contribution in [0.2, 0.25) is 0 Å². The largest absolute Gasteiger partial charge is 0.326 e. The third kappa shape index (κ3) is 10.5. The summed E-state index contributed by atoms with van der Waals surface area (Å²) < 4.78 is 0. The van der Waals surface area contributed by atoms with Gasteiger partial charge in [-0.3, -0.25) is 9.59 Å². The number of carbonyl (C=O) groups excluding carboxylic acids is 2. The highest BCUT2D eigenvalue weighted by atomic mass is 32.2. The van der Waals surface area contributed by atoms with Crippen LogP contribution in [0.25, 0.3) is 0 Å². The van der Waals surface area contributed by atoms with Gasteiger partial charge in [0.25, 0.3) is 0 Å². The van der Waals surface area contributed by atoms with Gasteiger partial charge in [-0.25, -0.2) is 0 Å². The molecule has 0 atom stereocenters. The number of hydrogen-bond acceptors (Lipinski definition) is 3. The molecule has 0 aliphatic carbocycles. The summed E-state index contributed by atoms with van der Waals surface area (Å²) in [5.74, 6) is 1.45. The van der Waals surface area contributed by atoms with Crippen molar-refractivity contribution in [3.63, 3.8) is 0 Å². The number of hydrogen-bond donors (Lipinski definition) is 2. The zero-order valence-corrected chi connectivity index (χ0v) is 19.7. The van der Waals surface area contributed by atoms with Crippen molar-refractivity contribution in [3.8, 4) is 0 Å². The summed E-state index contributed by atoms with van der Waals surface area (Å²) >= 11 is 1.63. The summed E-state index contributed by atoms with van der Waals surface area (Å²) in [5, 5.41) is 5.89. The van der Waals surface area contributed by atoms with E-state index in [0.29, 0.717) is 24.3 Å². The van der Waals surface area contributed by atoms with Crippen molar-refractivity contribution in [3.05, 3.63) is 59.7 Å². The topological polar surface area (TPSA) is 58.2 Å². The molecule has 31 heavy (non-hydrogen) atoms. The molecule has 5 heteroatoms. The summed E-state index contributed by atoms with van der Waals surface area (Å²) in [7, 11) is 0. The Morgan fingerprint density at radius 1 is 0.677 bits per heavy atom. The fraction of sp³-hybridized carbons (Fsp3) is 0.462. The van der Waals surface area contributed by atoms with Gasteiger partial charge in [-0.15, -0.1) is 0 Å². The lowest BCUT2D eigenvalue weighted by Gasteiger charge is -2.08. The van der Waals surface area contributed by atoms with E-state index in [4.69, 9.17) is 0 Å². The van der Waals surface area contributed by atoms with E-state index in [1.165, 1.54) is 36.8 Å². The standard InChI is InChI=1S/C26H36N2O2S/c1-3-5-7-21-9-13-23(14-10-21)27-25(29)17-19-31-20-18-26(30)28-24-15-11-22(12-16-24)8-6-4-2/h9-16H,3-8,17-20H2,1-2H3,(H,27,29)(H,28,30). The van der Waals surface area contributed by atoms with E-state index in [2.05, 4.69) is 48.7 Å². The van der Waals surface area contributed by atoms with Gasteiger partial charge in [0.1, 0.15) is 0 Å². The lowest BCUT2D eigenvalue weighted by atomic mass is 10.1. The highest BCUT2D eigenvalue weighted by molar-refractivity contribution is 7.99. The predicted octanol–water partition coefficient (Wildman–Crippen LogP) is 6.46. The average molecular weight is 441 g/mol. The van der Waals surface area contributed by atoms with Crippen molar-refractivity contribution in [1.29, 1.82) is 0 Å². The van der Waals surface area contributed by atoms with Gasteiger partial charge >= 0.3 is 0 Å². The molecule has 0 heterocycles. The molecule has 0 fully saturated rings. The number of carbonyl (C=O) groups is 2. The van der Waals surface area contributed by atoms with Crippen molar-refractivity contribution in [2.75, 3.05) is 22.1 Å². The second-order valence-electron chi connectivity index (χ2n) is 7.81. The number of thioether (sulfide) groups is 1. The first kappa shape index (κ1) is 25.0. The second-order valence-corrected chi connectivity index (χ2v) is 9.03. The maximum atomic E-state index is 12.1. The highest BCUT2D eigenvalue weighted by Gasteiger charge is 2.05. The molecule has 2 amide bonds. The van der Waals surface area contributed by atoms with E-state index in [0.717, 1.165) is 24.2 Å². The number of anilines is 2. The minimum Gasteiger partial charge on any atom is -0.326 e. The number of nitrogens with one attached hydrogen (secondary N) is 2. The molecule has 0 saturated carbocycles. The van der Waals surface area contributed by atoms with Gasteiger partial charge in [-0.2, -0.15) is 11.8 Å². The Morgan fingerprint density at radius 3 is 1.42 bits per heavy atom. The Labute approximate surface area is 191 Å². The summed E-state index contributed by atoms with van der Waals surface area (Å²) in [6, 6.07) is 16.2. The Balaban J connectivity index is 1.57. The molecule has 2 aromatic rings. The van der Waals surface area contributed by atoms with Gasteiger partial charge in [0.2, 0.25) is 11.8 Å². The van der Waals surface area contributed by atoms with Gasteiger partial charge in [0.15, 0.2) is 0 Å². The zero-order chi connectivity index (χ0) is 22.3. The zero-order valence-electron chi connectivity index (χ0n) is 18.9. The first-order valence-corrected chi connectivity index (χ1v) is 12.6. The Hall–Kier alpha value is -2.27. The van der Waals surface area contributed by atoms with Gasteiger partial charge in [0.05, 0.1) is 0 Å². The maximum absolute atomic E-state index is 12.1. The van der Waals surface area contributed by atoms with Crippen LogP contribution in [0.1, 0.15) is 63.5 Å². The van der Waals surface area contributed by atoms with Gasteiger partial charge in [-0.05, 0) is 61.1 Å². The first-order chi connectivity index (χ1) is 15.1.